The molecule has 0 fully saturated rings. The SMILES string of the molecule is C#CC#Cc1ccc(-c2cccc(C(C)C)c2)cc1. The Hall–Kier alpha value is -2.44. The Bertz CT molecular complexity index is 656. The molecule has 0 spiro atoms. The second kappa shape index (κ2) is 5.94. The minimum Gasteiger partial charge on any atom is -0.106 e. The van der Waals surface area contributed by atoms with Crippen LogP contribution in [0.1, 0.15) is 30.9 Å². The van der Waals surface area contributed by atoms with Gasteiger partial charge in [-0.3, -0.25) is 0 Å². The molecule has 0 amide bonds. The molecule has 0 heterocycles. The second-order valence-electron chi connectivity index (χ2n) is 4.75. The van der Waals surface area contributed by atoms with E-state index in [9.17, 15) is 0 Å². The fourth-order valence-corrected chi connectivity index (χ4v) is 1.93. The first-order valence-corrected chi connectivity index (χ1v) is 6.37. The monoisotopic (exact) mass is 244 g/mol. The third kappa shape index (κ3) is 3.27. The van der Waals surface area contributed by atoms with Gasteiger partial charge < -0.3 is 0 Å². The lowest BCUT2D eigenvalue weighted by Gasteiger charge is -2.08. The maximum absolute atomic E-state index is 5.12. The molecule has 2 aromatic rings. The molecule has 0 bridgehead atoms. The van der Waals surface area contributed by atoms with E-state index in [4.69, 9.17) is 6.42 Å². The number of hydrogen-bond acceptors (Lipinski definition) is 0. The third-order valence-corrected chi connectivity index (χ3v) is 3.05. The number of terminal acetylenes is 1. The van der Waals surface area contributed by atoms with E-state index in [0.29, 0.717) is 5.92 Å². The molecule has 0 aliphatic carbocycles. The Morgan fingerprint density at radius 1 is 0.947 bits per heavy atom. The van der Waals surface area contributed by atoms with Gasteiger partial charge in [-0.25, -0.2) is 0 Å². The lowest BCUT2D eigenvalue weighted by atomic mass is 9.97. The van der Waals surface area contributed by atoms with Gasteiger partial charge in [-0.2, -0.15) is 0 Å². The van der Waals surface area contributed by atoms with Crippen molar-refractivity contribution in [2.75, 3.05) is 0 Å². The Balaban J connectivity index is 2.32. The van der Waals surface area contributed by atoms with E-state index in [-0.39, 0.29) is 0 Å². The standard InChI is InChI=1S/C19H16/c1-4-5-7-16-10-12-17(13-11-16)19-9-6-8-18(14-19)15(2)3/h1,6,8-15H,2-3H3. The highest BCUT2D eigenvalue weighted by Gasteiger charge is 2.02. The molecule has 19 heavy (non-hydrogen) atoms. The molecule has 0 aliphatic heterocycles. The van der Waals surface area contributed by atoms with Crippen LogP contribution in [0.3, 0.4) is 0 Å². The first-order valence-electron chi connectivity index (χ1n) is 6.37. The lowest BCUT2D eigenvalue weighted by molar-refractivity contribution is 0.867. The Morgan fingerprint density at radius 3 is 2.32 bits per heavy atom. The first kappa shape index (κ1) is 13.0. The van der Waals surface area contributed by atoms with E-state index in [1.165, 1.54) is 16.7 Å². The van der Waals surface area contributed by atoms with Crippen molar-refractivity contribution in [1.82, 2.24) is 0 Å². The molecule has 0 heteroatoms. The van der Waals surface area contributed by atoms with Gasteiger partial charge in [0.2, 0.25) is 0 Å². The zero-order valence-electron chi connectivity index (χ0n) is 11.3. The van der Waals surface area contributed by atoms with Crippen molar-refractivity contribution in [3.8, 4) is 35.3 Å². The zero-order chi connectivity index (χ0) is 13.7. The minimum absolute atomic E-state index is 0.542. The van der Waals surface area contributed by atoms with Crippen LogP contribution in [0.2, 0.25) is 0 Å². The summed E-state index contributed by atoms with van der Waals surface area (Å²) >= 11 is 0. The Kier molecular flexibility index (Phi) is 4.07. The summed E-state index contributed by atoms with van der Waals surface area (Å²) in [5.74, 6) is 8.41. The summed E-state index contributed by atoms with van der Waals surface area (Å²) in [6.07, 6.45) is 5.12. The predicted molar refractivity (Wildman–Crippen MR) is 81.7 cm³/mol. The molecule has 0 aromatic heterocycles. The van der Waals surface area contributed by atoms with Crippen molar-refractivity contribution in [2.45, 2.75) is 19.8 Å². The highest BCUT2D eigenvalue weighted by molar-refractivity contribution is 5.65. The summed E-state index contributed by atoms with van der Waals surface area (Å²) in [5, 5.41) is 0. The summed E-state index contributed by atoms with van der Waals surface area (Å²) in [7, 11) is 0. The van der Waals surface area contributed by atoms with Crippen molar-refractivity contribution in [1.29, 1.82) is 0 Å². The van der Waals surface area contributed by atoms with Gasteiger partial charge in [-0.15, -0.1) is 6.42 Å². The molecule has 0 radical (unpaired) electrons. The van der Waals surface area contributed by atoms with E-state index in [1.807, 2.05) is 12.1 Å². The van der Waals surface area contributed by atoms with E-state index in [0.717, 1.165) is 5.56 Å². The van der Waals surface area contributed by atoms with Crippen LogP contribution in [-0.2, 0) is 0 Å². The molecule has 2 aromatic carbocycles. The van der Waals surface area contributed by atoms with Crippen LogP contribution in [0.4, 0.5) is 0 Å². The van der Waals surface area contributed by atoms with Crippen LogP contribution < -0.4 is 0 Å². The fraction of sp³-hybridized carbons (Fsp3) is 0.158. The first-order chi connectivity index (χ1) is 9.20. The van der Waals surface area contributed by atoms with Gasteiger partial charge in [-0.05, 0) is 46.6 Å². The van der Waals surface area contributed by atoms with Gasteiger partial charge >= 0.3 is 0 Å². The maximum Gasteiger partial charge on any atom is 0.0255 e. The predicted octanol–water partition coefficient (Wildman–Crippen LogP) is 4.46. The summed E-state index contributed by atoms with van der Waals surface area (Å²) in [5.41, 5.74) is 4.74. The van der Waals surface area contributed by atoms with Crippen LogP contribution in [0.25, 0.3) is 11.1 Å². The van der Waals surface area contributed by atoms with Gasteiger partial charge in [0.05, 0.1) is 0 Å². The molecule has 2 rings (SSSR count). The van der Waals surface area contributed by atoms with Crippen molar-refractivity contribution >= 4 is 0 Å². The fourth-order valence-electron chi connectivity index (χ4n) is 1.93. The number of hydrogen-bond donors (Lipinski definition) is 0. The average molecular weight is 244 g/mol. The van der Waals surface area contributed by atoms with Crippen molar-refractivity contribution < 1.29 is 0 Å². The number of benzene rings is 2. The molecular weight excluding hydrogens is 228 g/mol. The summed E-state index contributed by atoms with van der Waals surface area (Å²) in [6.45, 7) is 4.41. The molecule has 0 aliphatic rings. The minimum atomic E-state index is 0.542. The van der Waals surface area contributed by atoms with Crippen LogP contribution in [-0.4, -0.2) is 0 Å². The largest absolute Gasteiger partial charge is 0.106 e. The number of rotatable bonds is 2. The molecule has 0 saturated heterocycles. The Morgan fingerprint density at radius 2 is 1.68 bits per heavy atom. The summed E-state index contributed by atoms with van der Waals surface area (Å²) in [4.78, 5) is 0. The third-order valence-electron chi connectivity index (χ3n) is 3.05. The van der Waals surface area contributed by atoms with Crippen molar-refractivity contribution in [3.63, 3.8) is 0 Å². The summed E-state index contributed by atoms with van der Waals surface area (Å²) in [6, 6.07) is 16.8. The normalized spacial score (nSPS) is 9.58. The Labute approximate surface area is 115 Å². The van der Waals surface area contributed by atoms with Crippen LogP contribution in [0.15, 0.2) is 48.5 Å². The van der Waals surface area contributed by atoms with E-state index in [2.05, 4.69) is 68.0 Å². The molecule has 0 N–H and O–H groups in total. The lowest BCUT2D eigenvalue weighted by Crippen LogP contribution is -1.87. The van der Waals surface area contributed by atoms with E-state index in [1.54, 1.807) is 0 Å². The van der Waals surface area contributed by atoms with Gasteiger partial charge in [0.15, 0.2) is 0 Å². The zero-order valence-corrected chi connectivity index (χ0v) is 11.3. The smallest absolute Gasteiger partial charge is 0.0255 e. The van der Waals surface area contributed by atoms with E-state index >= 15 is 0 Å². The highest BCUT2D eigenvalue weighted by atomic mass is 14.1. The van der Waals surface area contributed by atoms with Gasteiger partial charge in [0.1, 0.15) is 0 Å². The van der Waals surface area contributed by atoms with Crippen molar-refractivity contribution in [2.24, 2.45) is 0 Å². The molecule has 0 atom stereocenters. The quantitative estimate of drug-likeness (QED) is 0.684. The highest BCUT2D eigenvalue weighted by Crippen LogP contribution is 2.24. The van der Waals surface area contributed by atoms with Crippen LogP contribution in [0, 0.1) is 24.2 Å². The van der Waals surface area contributed by atoms with Crippen molar-refractivity contribution in [3.05, 3.63) is 59.7 Å². The van der Waals surface area contributed by atoms with Gasteiger partial charge in [0, 0.05) is 5.56 Å². The van der Waals surface area contributed by atoms with E-state index < -0.39 is 0 Å². The molecule has 0 saturated carbocycles. The molecule has 92 valence electrons. The maximum atomic E-state index is 5.12. The topological polar surface area (TPSA) is 0 Å². The van der Waals surface area contributed by atoms with Crippen LogP contribution in [0.5, 0.6) is 0 Å². The van der Waals surface area contributed by atoms with Crippen LogP contribution >= 0.6 is 0 Å². The average Bonchev–Trinajstić information content (AvgIpc) is 2.46. The molecule has 0 unspecified atom stereocenters. The van der Waals surface area contributed by atoms with Gasteiger partial charge in [0.25, 0.3) is 0 Å². The second-order valence-corrected chi connectivity index (χ2v) is 4.75. The molecule has 0 nitrogen and oxygen atoms in total. The van der Waals surface area contributed by atoms with Gasteiger partial charge in [-0.1, -0.05) is 56.2 Å². The summed E-state index contributed by atoms with van der Waals surface area (Å²) < 4.78 is 0. The molecular formula is C19H16.